The second kappa shape index (κ2) is 9.31. The molecule has 0 radical (unpaired) electrons. The Kier molecular flexibility index (Phi) is 6.41. The second-order valence-electron chi connectivity index (χ2n) is 7.47. The molecular formula is C23H20N4O6S2. The maximum absolute atomic E-state index is 12.9. The van der Waals surface area contributed by atoms with Crippen molar-refractivity contribution in [2.24, 2.45) is 0 Å². The number of nitrogens with zero attached hydrogens (tertiary/aromatic N) is 3. The monoisotopic (exact) mass is 512 g/mol. The zero-order valence-corrected chi connectivity index (χ0v) is 20.2. The number of anilines is 2. The summed E-state index contributed by atoms with van der Waals surface area (Å²) in [5, 5.41) is 9.99. The molecule has 0 spiro atoms. The molecule has 10 nitrogen and oxygen atoms in total. The van der Waals surface area contributed by atoms with Crippen molar-refractivity contribution in [1.82, 2.24) is 10.2 Å². The van der Waals surface area contributed by atoms with Gasteiger partial charge in [-0.2, -0.15) is 0 Å². The Bertz CT molecular complexity index is 1580. The number of carbonyl (C=O) groups is 1. The van der Waals surface area contributed by atoms with Gasteiger partial charge in [0.15, 0.2) is 9.84 Å². The van der Waals surface area contributed by atoms with Crippen molar-refractivity contribution in [3.8, 4) is 11.5 Å². The number of sulfonamides is 1. The van der Waals surface area contributed by atoms with E-state index in [-0.39, 0.29) is 32.8 Å². The molecule has 180 valence electrons. The number of aromatic nitrogens is 2. The van der Waals surface area contributed by atoms with Gasteiger partial charge in [-0.15, -0.1) is 5.10 Å². The summed E-state index contributed by atoms with van der Waals surface area (Å²) in [5.41, 5.74) is 0.863. The third-order valence-electron chi connectivity index (χ3n) is 5.06. The van der Waals surface area contributed by atoms with Gasteiger partial charge in [0.05, 0.1) is 21.0 Å². The summed E-state index contributed by atoms with van der Waals surface area (Å²) >= 11 is 0. The van der Waals surface area contributed by atoms with Gasteiger partial charge in [-0.25, -0.2) is 16.8 Å². The van der Waals surface area contributed by atoms with Crippen molar-refractivity contribution in [2.45, 2.75) is 9.79 Å². The van der Waals surface area contributed by atoms with Gasteiger partial charge < -0.3 is 4.42 Å². The Hall–Kier alpha value is -4.03. The van der Waals surface area contributed by atoms with E-state index in [1.807, 2.05) is 0 Å². The zero-order chi connectivity index (χ0) is 25.2. The van der Waals surface area contributed by atoms with Crippen LogP contribution in [0.3, 0.4) is 0 Å². The third kappa shape index (κ3) is 5.08. The average Bonchev–Trinajstić information content (AvgIpc) is 3.32. The van der Waals surface area contributed by atoms with Gasteiger partial charge in [0.1, 0.15) is 0 Å². The van der Waals surface area contributed by atoms with Gasteiger partial charge in [-0.05, 0) is 48.5 Å². The van der Waals surface area contributed by atoms with E-state index in [1.165, 1.54) is 43.4 Å². The van der Waals surface area contributed by atoms with Crippen LogP contribution in [-0.2, 0) is 19.9 Å². The van der Waals surface area contributed by atoms with Crippen LogP contribution in [0.4, 0.5) is 11.7 Å². The van der Waals surface area contributed by atoms with E-state index in [4.69, 9.17) is 4.42 Å². The molecule has 1 N–H and O–H groups in total. The highest BCUT2D eigenvalue weighted by atomic mass is 32.2. The van der Waals surface area contributed by atoms with Crippen molar-refractivity contribution in [1.29, 1.82) is 0 Å². The summed E-state index contributed by atoms with van der Waals surface area (Å²) < 4.78 is 56.4. The predicted molar refractivity (Wildman–Crippen MR) is 129 cm³/mol. The molecule has 0 saturated carbocycles. The van der Waals surface area contributed by atoms with Gasteiger partial charge in [-0.3, -0.25) is 14.4 Å². The van der Waals surface area contributed by atoms with Crippen molar-refractivity contribution < 1.29 is 26.0 Å². The van der Waals surface area contributed by atoms with Crippen LogP contribution in [0.1, 0.15) is 10.4 Å². The molecule has 0 aliphatic rings. The number of hydrogen-bond acceptors (Lipinski definition) is 8. The molecule has 0 aliphatic carbocycles. The summed E-state index contributed by atoms with van der Waals surface area (Å²) in [6.45, 7) is 0. The second-order valence-corrected chi connectivity index (χ2v) is 11.4. The Balaban J connectivity index is 1.51. The van der Waals surface area contributed by atoms with E-state index in [9.17, 15) is 21.6 Å². The van der Waals surface area contributed by atoms with Gasteiger partial charge in [0.2, 0.25) is 0 Å². The standard InChI is InChI=1S/C23H20N4O6S2/c1-27(17-8-4-3-5-9-17)35(31,32)18-14-12-16(13-15-18)21(28)24-23-26-25-22(33-23)19-10-6-7-11-20(19)34(2,29)30/h3-15H,1-2H3,(H,24,26,28). The molecule has 0 aliphatic heterocycles. The molecule has 0 fully saturated rings. The molecule has 1 amide bonds. The van der Waals surface area contributed by atoms with Crippen LogP contribution in [0.25, 0.3) is 11.5 Å². The minimum atomic E-state index is -3.83. The normalized spacial score (nSPS) is 11.7. The first kappa shape index (κ1) is 24.1. The van der Waals surface area contributed by atoms with Gasteiger partial charge in [0, 0.05) is 18.9 Å². The molecule has 0 bridgehead atoms. The molecule has 12 heteroatoms. The van der Waals surface area contributed by atoms with Crippen molar-refractivity contribution in [3.05, 3.63) is 84.4 Å². The Morgan fingerprint density at radius 1 is 0.857 bits per heavy atom. The minimum absolute atomic E-state index is 0.0119. The van der Waals surface area contributed by atoms with Crippen LogP contribution < -0.4 is 9.62 Å². The number of sulfone groups is 1. The largest absolute Gasteiger partial charge is 0.403 e. The predicted octanol–water partition coefficient (Wildman–Crippen LogP) is 3.22. The molecule has 0 atom stereocenters. The minimum Gasteiger partial charge on any atom is -0.403 e. The van der Waals surface area contributed by atoms with Crippen molar-refractivity contribution in [3.63, 3.8) is 0 Å². The lowest BCUT2D eigenvalue weighted by atomic mass is 10.2. The van der Waals surface area contributed by atoms with E-state index in [0.29, 0.717) is 5.69 Å². The molecule has 4 rings (SSSR count). The number of para-hydroxylation sites is 1. The van der Waals surface area contributed by atoms with E-state index in [2.05, 4.69) is 15.5 Å². The van der Waals surface area contributed by atoms with Crippen LogP contribution in [0.15, 0.2) is 93.1 Å². The average molecular weight is 513 g/mol. The summed E-state index contributed by atoms with van der Waals surface area (Å²) in [7, 11) is -5.93. The maximum atomic E-state index is 12.9. The van der Waals surface area contributed by atoms with E-state index in [1.54, 1.807) is 42.5 Å². The highest BCUT2D eigenvalue weighted by Gasteiger charge is 2.22. The Labute approximate surface area is 202 Å². The lowest BCUT2D eigenvalue weighted by molar-refractivity contribution is 0.102. The van der Waals surface area contributed by atoms with Crippen LogP contribution in [0.5, 0.6) is 0 Å². The first-order valence-electron chi connectivity index (χ1n) is 10.2. The first-order valence-corrected chi connectivity index (χ1v) is 13.5. The number of carbonyl (C=O) groups excluding carboxylic acids is 1. The molecular weight excluding hydrogens is 492 g/mol. The first-order chi connectivity index (χ1) is 16.6. The SMILES string of the molecule is CN(c1ccccc1)S(=O)(=O)c1ccc(C(=O)Nc2nnc(-c3ccccc3S(C)(=O)=O)o2)cc1. The fraction of sp³-hybridized carbons (Fsp3) is 0.0870. The van der Waals surface area contributed by atoms with E-state index in [0.717, 1.165) is 10.6 Å². The van der Waals surface area contributed by atoms with Crippen LogP contribution >= 0.6 is 0 Å². The Morgan fingerprint density at radius 2 is 1.49 bits per heavy atom. The molecule has 1 heterocycles. The smallest absolute Gasteiger partial charge is 0.322 e. The molecule has 4 aromatic rings. The topological polar surface area (TPSA) is 140 Å². The zero-order valence-electron chi connectivity index (χ0n) is 18.6. The quantitative estimate of drug-likeness (QED) is 0.398. The van der Waals surface area contributed by atoms with Crippen molar-refractivity contribution >= 4 is 37.5 Å². The number of rotatable bonds is 7. The van der Waals surface area contributed by atoms with Crippen LogP contribution in [0.2, 0.25) is 0 Å². The van der Waals surface area contributed by atoms with E-state index < -0.39 is 25.8 Å². The summed E-state index contributed by atoms with van der Waals surface area (Å²) in [4.78, 5) is 12.6. The third-order valence-corrected chi connectivity index (χ3v) is 8.01. The Morgan fingerprint density at radius 3 is 2.14 bits per heavy atom. The molecule has 1 aromatic heterocycles. The lowest BCUT2D eigenvalue weighted by Gasteiger charge is -2.19. The molecule has 35 heavy (non-hydrogen) atoms. The molecule has 0 unspecified atom stereocenters. The molecule has 3 aromatic carbocycles. The molecule has 0 saturated heterocycles. The van der Waals surface area contributed by atoms with Gasteiger partial charge in [0.25, 0.3) is 21.8 Å². The number of hydrogen-bond donors (Lipinski definition) is 1. The number of nitrogens with one attached hydrogen (secondary N) is 1. The summed E-state index contributed by atoms with van der Waals surface area (Å²) in [5.74, 6) is -0.691. The van der Waals surface area contributed by atoms with Crippen LogP contribution in [0, 0.1) is 0 Å². The fourth-order valence-corrected chi connectivity index (χ4v) is 5.31. The maximum Gasteiger partial charge on any atom is 0.322 e. The van der Waals surface area contributed by atoms with E-state index >= 15 is 0 Å². The fourth-order valence-electron chi connectivity index (χ4n) is 3.23. The van der Waals surface area contributed by atoms with Gasteiger partial charge in [-0.1, -0.05) is 35.4 Å². The summed E-state index contributed by atoms with van der Waals surface area (Å²) in [6, 6.07) is 19.8. The highest BCUT2D eigenvalue weighted by molar-refractivity contribution is 7.92. The summed E-state index contributed by atoms with van der Waals surface area (Å²) in [6.07, 6.45) is 1.06. The lowest BCUT2D eigenvalue weighted by Crippen LogP contribution is -2.26. The highest BCUT2D eigenvalue weighted by Crippen LogP contribution is 2.27. The number of benzene rings is 3. The number of amides is 1. The van der Waals surface area contributed by atoms with Crippen LogP contribution in [-0.4, -0.2) is 46.2 Å². The van der Waals surface area contributed by atoms with Crippen molar-refractivity contribution in [2.75, 3.05) is 22.9 Å². The van der Waals surface area contributed by atoms with Gasteiger partial charge >= 0.3 is 6.01 Å².